The highest BCUT2D eigenvalue weighted by molar-refractivity contribution is 7.99. The van der Waals surface area contributed by atoms with Crippen LogP contribution in [0.4, 0.5) is 0 Å². The van der Waals surface area contributed by atoms with Crippen molar-refractivity contribution in [2.75, 3.05) is 27.1 Å². The Bertz CT molecular complexity index is 1420. The molecule has 0 aliphatic rings. The van der Waals surface area contributed by atoms with Gasteiger partial charge < -0.3 is 14.2 Å². The monoisotopic (exact) mass is 490 g/mol. The van der Waals surface area contributed by atoms with Gasteiger partial charge in [-0.3, -0.25) is 14.2 Å². The van der Waals surface area contributed by atoms with Gasteiger partial charge in [-0.05, 0) is 18.6 Å². The Hall–Kier alpha value is -3.78. The van der Waals surface area contributed by atoms with Gasteiger partial charge in [0, 0.05) is 5.56 Å². The van der Waals surface area contributed by atoms with Crippen LogP contribution in [0, 0.1) is 6.92 Å². The predicted octanol–water partition coefficient (Wildman–Crippen LogP) is 4.75. The van der Waals surface area contributed by atoms with Crippen molar-refractivity contribution in [3.8, 4) is 17.2 Å². The molecule has 0 fully saturated rings. The molecular formula is C27H26N2O5S. The van der Waals surface area contributed by atoms with Crippen LogP contribution < -0.4 is 19.8 Å². The van der Waals surface area contributed by atoms with Gasteiger partial charge in [0.15, 0.2) is 22.4 Å². The van der Waals surface area contributed by atoms with Crippen molar-refractivity contribution in [2.45, 2.75) is 18.6 Å². The van der Waals surface area contributed by atoms with E-state index in [4.69, 9.17) is 19.2 Å². The zero-order valence-corrected chi connectivity index (χ0v) is 20.8. The maximum Gasteiger partial charge on any atom is 0.262 e. The fourth-order valence-corrected chi connectivity index (χ4v) is 4.66. The van der Waals surface area contributed by atoms with E-state index in [1.165, 1.54) is 33.1 Å². The van der Waals surface area contributed by atoms with Gasteiger partial charge in [0.1, 0.15) is 5.52 Å². The van der Waals surface area contributed by atoms with Crippen molar-refractivity contribution < 1.29 is 19.0 Å². The van der Waals surface area contributed by atoms with Crippen molar-refractivity contribution in [2.24, 2.45) is 0 Å². The third-order valence-corrected chi connectivity index (χ3v) is 6.58. The van der Waals surface area contributed by atoms with E-state index < -0.39 is 0 Å². The molecule has 35 heavy (non-hydrogen) atoms. The number of Topliss-reactive ketones (excluding diaryl/α,β-unsaturated/α-hetero) is 1. The minimum atomic E-state index is -0.261. The lowest BCUT2D eigenvalue weighted by Crippen LogP contribution is -2.24. The SMILES string of the molecule is COc1cc2c(=O)n(Cc3ccccc3)c(SCC(=O)c3ccc(C)cc3)nc2c(OC)c1OC. The number of ether oxygens (including phenoxy) is 3. The molecule has 1 heterocycles. The van der Waals surface area contributed by atoms with Crippen molar-refractivity contribution in [1.82, 2.24) is 9.55 Å². The molecule has 0 spiro atoms. The van der Waals surface area contributed by atoms with Crippen LogP contribution in [0.5, 0.6) is 17.2 Å². The van der Waals surface area contributed by atoms with Crippen molar-refractivity contribution in [3.63, 3.8) is 0 Å². The normalized spacial score (nSPS) is 10.9. The van der Waals surface area contributed by atoms with E-state index in [1.807, 2.05) is 61.5 Å². The molecule has 7 nitrogen and oxygen atoms in total. The summed E-state index contributed by atoms with van der Waals surface area (Å²) in [5.41, 5.74) is 2.73. The molecule has 0 radical (unpaired) electrons. The molecule has 4 rings (SSSR count). The van der Waals surface area contributed by atoms with Gasteiger partial charge in [-0.1, -0.05) is 71.9 Å². The number of rotatable bonds is 9. The second-order valence-corrected chi connectivity index (χ2v) is 8.83. The topological polar surface area (TPSA) is 79.7 Å². The predicted molar refractivity (Wildman–Crippen MR) is 137 cm³/mol. The smallest absolute Gasteiger partial charge is 0.262 e. The van der Waals surface area contributed by atoms with E-state index in [2.05, 4.69) is 0 Å². The number of carbonyl (C=O) groups is 1. The average molecular weight is 491 g/mol. The Morgan fingerprint density at radius 2 is 1.63 bits per heavy atom. The summed E-state index contributed by atoms with van der Waals surface area (Å²) in [6.07, 6.45) is 0. The maximum absolute atomic E-state index is 13.7. The average Bonchev–Trinajstić information content (AvgIpc) is 2.89. The number of hydrogen-bond acceptors (Lipinski definition) is 7. The van der Waals surface area contributed by atoms with Crippen LogP contribution in [0.15, 0.2) is 70.6 Å². The summed E-state index contributed by atoms with van der Waals surface area (Å²) >= 11 is 1.22. The second-order valence-electron chi connectivity index (χ2n) is 7.89. The Morgan fingerprint density at radius 1 is 0.943 bits per heavy atom. The molecule has 0 amide bonds. The molecule has 0 atom stereocenters. The first-order valence-electron chi connectivity index (χ1n) is 11.0. The number of aromatic nitrogens is 2. The first kappa shape index (κ1) is 24.3. The van der Waals surface area contributed by atoms with E-state index in [0.717, 1.165) is 11.1 Å². The lowest BCUT2D eigenvalue weighted by molar-refractivity contribution is 0.102. The molecule has 0 N–H and O–H groups in total. The molecule has 0 unspecified atom stereocenters. The van der Waals surface area contributed by atoms with Crippen LogP contribution in [-0.4, -0.2) is 42.4 Å². The Balaban J connectivity index is 1.83. The number of benzene rings is 3. The third kappa shape index (κ3) is 5.02. The van der Waals surface area contributed by atoms with E-state index in [-0.39, 0.29) is 17.1 Å². The Labute approximate surface area is 207 Å². The number of ketones is 1. The van der Waals surface area contributed by atoms with Crippen LogP contribution in [0.2, 0.25) is 0 Å². The molecular weight excluding hydrogens is 464 g/mol. The zero-order chi connectivity index (χ0) is 24.9. The van der Waals surface area contributed by atoms with Crippen LogP contribution in [0.25, 0.3) is 10.9 Å². The van der Waals surface area contributed by atoms with Crippen LogP contribution >= 0.6 is 11.8 Å². The summed E-state index contributed by atoms with van der Waals surface area (Å²) in [5.74, 6) is 1.11. The number of thioether (sulfide) groups is 1. The number of nitrogens with zero attached hydrogens (tertiary/aromatic N) is 2. The molecule has 180 valence electrons. The highest BCUT2D eigenvalue weighted by Crippen LogP contribution is 2.42. The molecule has 0 bridgehead atoms. The maximum atomic E-state index is 13.7. The lowest BCUT2D eigenvalue weighted by atomic mass is 10.1. The van der Waals surface area contributed by atoms with Crippen molar-refractivity contribution in [3.05, 3.63) is 87.7 Å². The number of hydrogen-bond donors (Lipinski definition) is 0. The fourth-order valence-electron chi connectivity index (χ4n) is 3.77. The molecule has 1 aromatic heterocycles. The second kappa shape index (κ2) is 10.7. The standard InChI is InChI=1S/C27H26N2O5S/c1-17-10-12-19(13-11-17)21(30)16-35-27-28-23-20(14-22(32-2)24(33-3)25(23)34-4)26(31)29(27)15-18-8-6-5-7-9-18/h5-14H,15-16H2,1-4H3. The van der Waals surface area contributed by atoms with Gasteiger partial charge in [-0.15, -0.1) is 0 Å². The minimum absolute atomic E-state index is 0.0464. The first-order chi connectivity index (χ1) is 17.0. The van der Waals surface area contributed by atoms with Crippen molar-refractivity contribution in [1.29, 1.82) is 0 Å². The molecule has 4 aromatic rings. The van der Waals surface area contributed by atoms with Crippen LogP contribution in [0.3, 0.4) is 0 Å². The summed E-state index contributed by atoms with van der Waals surface area (Å²) < 4.78 is 18.1. The highest BCUT2D eigenvalue weighted by Gasteiger charge is 2.22. The highest BCUT2D eigenvalue weighted by atomic mass is 32.2. The van der Waals surface area contributed by atoms with Gasteiger partial charge in [-0.2, -0.15) is 0 Å². The molecule has 8 heteroatoms. The van der Waals surface area contributed by atoms with E-state index in [9.17, 15) is 9.59 Å². The van der Waals surface area contributed by atoms with Gasteiger partial charge in [0.2, 0.25) is 5.75 Å². The van der Waals surface area contributed by atoms with Gasteiger partial charge in [-0.25, -0.2) is 4.98 Å². The van der Waals surface area contributed by atoms with E-state index >= 15 is 0 Å². The number of methoxy groups -OCH3 is 3. The quantitative estimate of drug-likeness (QED) is 0.190. The third-order valence-electron chi connectivity index (χ3n) is 5.61. The Kier molecular flexibility index (Phi) is 7.41. The zero-order valence-electron chi connectivity index (χ0n) is 20.0. The summed E-state index contributed by atoms with van der Waals surface area (Å²) in [7, 11) is 4.49. The molecule has 0 aliphatic carbocycles. The van der Waals surface area contributed by atoms with E-state index in [1.54, 1.807) is 10.6 Å². The summed E-state index contributed by atoms with van der Waals surface area (Å²) in [5, 5.41) is 0.752. The van der Waals surface area contributed by atoms with Gasteiger partial charge in [0.25, 0.3) is 5.56 Å². The molecule has 0 saturated carbocycles. The number of carbonyl (C=O) groups excluding carboxylic acids is 1. The molecule has 0 saturated heterocycles. The van der Waals surface area contributed by atoms with E-state index in [0.29, 0.717) is 45.4 Å². The number of fused-ring (bicyclic) bond motifs is 1. The van der Waals surface area contributed by atoms with Gasteiger partial charge >= 0.3 is 0 Å². The Morgan fingerprint density at radius 3 is 2.26 bits per heavy atom. The van der Waals surface area contributed by atoms with Crippen LogP contribution in [0.1, 0.15) is 21.5 Å². The number of aryl methyl sites for hydroxylation is 1. The van der Waals surface area contributed by atoms with Crippen molar-refractivity contribution >= 4 is 28.4 Å². The summed E-state index contributed by atoms with van der Waals surface area (Å²) in [6.45, 7) is 2.28. The molecule has 3 aromatic carbocycles. The lowest BCUT2D eigenvalue weighted by Gasteiger charge is -2.17. The largest absolute Gasteiger partial charge is 0.493 e. The summed E-state index contributed by atoms with van der Waals surface area (Å²) in [6, 6.07) is 18.7. The fraction of sp³-hybridized carbons (Fsp3) is 0.222. The first-order valence-corrected chi connectivity index (χ1v) is 12.0. The summed E-state index contributed by atoms with van der Waals surface area (Å²) in [4.78, 5) is 31.4. The minimum Gasteiger partial charge on any atom is -0.493 e. The van der Waals surface area contributed by atoms with Gasteiger partial charge in [0.05, 0.1) is 39.0 Å². The van der Waals surface area contributed by atoms with Crippen LogP contribution in [-0.2, 0) is 6.54 Å². The molecule has 0 aliphatic heterocycles.